The van der Waals surface area contributed by atoms with Crippen LogP contribution in [-0.2, 0) is 46.3 Å². The van der Waals surface area contributed by atoms with E-state index in [4.69, 9.17) is 5.21 Å². The number of hydroxylamine groups is 1. The molecule has 13 nitrogen and oxygen atoms in total. The number of hydrogen-bond acceptors (Lipinski definition) is 10. The molecule has 0 radical (unpaired) electrons. The van der Waals surface area contributed by atoms with Crippen LogP contribution in [0.5, 0.6) is 0 Å². The molecule has 0 saturated carbocycles. The summed E-state index contributed by atoms with van der Waals surface area (Å²) in [6.45, 7) is 3.89. The molecule has 0 aromatic heterocycles. The van der Waals surface area contributed by atoms with E-state index in [9.17, 15) is 29.2 Å². The number of methoxy groups -OCH3 is 2. The maximum Gasteiger partial charge on any atom is 0.328 e. The Morgan fingerprint density at radius 1 is 0.744 bits per heavy atom. The first-order chi connectivity index (χ1) is 18.4. The van der Waals surface area contributed by atoms with Crippen LogP contribution >= 0.6 is 0 Å². The second kappa shape index (κ2) is 16.4. The Kier molecular flexibility index (Phi) is 13.7. The van der Waals surface area contributed by atoms with Crippen molar-refractivity contribution in [3.63, 3.8) is 0 Å². The summed E-state index contributed by atoms with van der Waals surface area (Å²) in [7, 11) is 2.52. The van der Waals surface area contributed by atoms with Gasteiger partial charge in [-0.25, -0.2) is 9.59 Å². The molecule has 2 rings (SSSR count). The lowest BCUT2D eigenvalue weighted by Gasteiger charge is -2.16. The first-order valence-corrected chi connectivity index (χ1v) is 11.7. The zero-order valence-electron chi connectivity index (χ0n) is 22.4. The lowest BCUT2D eigenvalue weighted by molar-refractivity contribution is -0.145. The van der Waals surface area contributed by atoms with E-state index in [-0.39, 0.29) is 18.2 Å². The first kappa shape index (κ1) is 32.5. The van der Waals surface area contributed by atoms with Crippen LogP contribution in [0.2, 0.25) is 0 Å². The molecule has 0 fully saturated rings. The van der Waals surface area contributed by atoms with Crippen LogP contribution < -0.4 is 21.2 Å². The van der Waals surface area contributed by atoms with Crippen molar-refractivity contribution in [2.75, 3.05) is 24.8 Å². The molecule has 0 unspecified atom stereocenters. The highest BCUT2D eigenvalue weighted by molar-refractivity contribution is 5.89. The Bertz CT molecular complexity index is 1120. The highest BCUT2D eigenvalue weighted by atomic mass is 16.5. The van der Waals surface area contributed by atoms with Crippen LogP contribution in [0.25, 0.3) is 0 Å². The van der Waals surface area contributed by atoms with Gasteiger partial charge in [-0.1, -0.05) is 24.3 Å². The number of nitrogens with one attached hydrogen (secondary N) is 3. The zero-order valence-corrected chi connectivity index (χ0v) is 22.4. The van der Waals surface area contributed by atoms with E-state index in [1.54, 1.807) is 48.5 Å². The van der Waals surface area contributed by atoms with Gasteiger partial charge in [0, 0.05) is 33.6 Å². The Morgan fingerprint density at radius 3 is 1.44 bits per heavy atom. The van der Waals surface area contributed by atoms with Gasteiger partial charge in [0.05, 0.1) is 25.6 Å². The fraction of sp³-hybridized carbons (Fsp3) is 0.346. The van der Waals surface area contributed by atoms with Crippen molar-refractivity contribution in [3.05, 3.63) is 59.7 Å². The largest absolute Gasteiger partial charge is 0.467 e. The number of ether oxygens (including phenoxy) is 2. The normalized spacial score (nSPS) is 11.5. The summed E-state index contributed by atoms with van der Waals surface area (Å²) in [6, 6.07) is 11.7. The molecule has 0 spiro atoms. The molecule has 39 heavy (non-hydrogen) atoms. The monoisotopic (exact) mass is 546 g/mol. The van der Waals surface area contributed by atoms with Gasteiger partial charge in [-0.2, -0.15) is 5.06 Å². The van der Waals surface area contributed by atoms with Crippen LogP contribution in [0.4, 0.5) is 11.4 Å². The molecule has 13 heteroatoms. The molecule has 0 aliphatic rings. The van der Waals surface area contributed by atoms with Gasteiger partial charge in [0.25, 0.3) is 0 Å². The lowest BCUT2D eigenvalue weighted by atomic mass is 10.1. The molecule has 0 aliphatic carbocycles. The third-order valence-corrected chi connectivity index (χ3v) is 5.17. The third kappa shape index (κ3) is 11.6. The number of amides is 3. The van der Waals surface area contributed by atoms with Gasteiger partial charge >= 0.3 is 11.9 Å². The van der Waals surface area contributed by atoms with Crippen molar-refractivity contribution < 1.29 is 43.9 Å². The first-order valence-electron chi connectivity index (χ1n) is 11.7. The summed E-state index contributed by atoms with van der Waals surface area (Å²) < 4.78 is 9.26. The lowest BCUT2D eigenvalue weighted by Crippen LogP contribution is -2.41. The Hall–Kier alpha value is -4.49. The summed E-state index contributed by atoms with van der Waals surface area (Å²) in [5.41, 5.74) is 4.48. The number of nitrogens with zero attached hydrogens (tertiary/aromatic N) is 1. The smallest absolute Gasteiger partial charge is 0.328 e. The summed E-state index contributed by atoms with van der Waals surface area (Å²) in [4.78, 5) is 56.2. The molecule has 0 heterocycles. The van der Waals surface area contributed by atoms with Gasteiger partial charge in [0.15, 0.2) is 0 Å². The van der Waals surface area contributed by atoms with Crippen molar-refractivity contribution in [2.24, 2.45) is 0 Å². The topological polar surface area (TPSA) is 184 Å². The number of anilines is 2. The summed E-state index contributed by atoms with van der Waals surface area (Å²) in [5.74, 6) is -2.16. The van der Waals surface area contributed by atoms with E-state index in [2.05, 4.69) is 20.1 Å². The van der Waals surface area contributed by atoms with Crippen LogP contribution in [0, 0.1) is 0 Å². The SMILES string of the molecule is COC(=O)[C@@H](Cc1ccc(N(O)C(C)=O)cc1)NC(C)=O.COC(=O)[C@@H](Cc1ccc(NO)cc1)NC(C)=O. The summed E-state index contributed by atoms with van der Waals surface area (Å²) in [5, 5.41) is 23.7. The van der Waals surface area contributed by atoms with Crippen molar-refractivity contribution in [1.29, 1.82) is 0 Å². The number of carbonyl (C=O) groups excluding carboxylic acids is 5. The summed E-state index contributed by atoms with van der Waals surface area (Å²) in [6.07, 6.45) is 0.579. The van der Waals surface area contributed by atoms with E-state index in [0.29, 0.717) is 22.9 Å². The molecular formula is C26H34N4O9. The molecule has 212 valence electrons. The van der Waals surface area contributed by atoms with Crippen molar-refractivity contribution in [1.82, 2.24) is 10.6 Å². The quantitative estimate of drug-likeness (QED) is 0.166. The predicted molar refractivity (Wildman–Crippen MR) is 140 cm³/mol. The Morgan fingerprint density at radius 2 is 1.13 bits per heavy atom. The molecule has 2 aromatic rings. The maximum absolute atomic E-state index is 11.6. The molecule has 2 atom stereocenters. The van der Waals surface area contributed by atoms with Gasteiger partial charge in [-0.3, -0.25) is 30.3 Å². The van der Waals surface area contributed by atoms with Gasteiger partial charge in [0.1, 0.15) is 12.1 Å². The van der Waals surface area contributed by atoms with Crippen LogP contribution in [0.15, 0.2) is 48.5 Å². The average Bonchev–Trinajstić information content (AvgIpc) is 2.91. The number of carbonyl (C=O) groups is 5. The number of rotatable bonds is 10. The standard InChI is InChI=1S/C14H18N2O5.C12H16N2O4/c1-9(17)15-13(14(19)21-3)8-11-4-6-12(7-5-11)16(20)10(2)18;1-8(15)13-11(12(16)18-2)7-9-3-5-10(14-17)6-4-9/h4-7,13,20H,8H2,1-3H3,(H,15,17);3-6,11,14,17H,7H2,1-2H3,(H,13,15)/t13-;11-/m11/s1. The van der Waals surface area contributed by atoms with Gasteiger partial charge in [-0.05, 0) is 35.4 Å². The minimum Gasteiger partial charge on any atom is -0.467 e. The van der Waals surface area contributed by atoms with E-state index in [0.717, 1.165) is 11.1 Å². The molecular weight excluding hydrogens is 512 g/mol. The molecule has 0 bridgehead atoms. The predicted octanol–water partition coefficient (Wildman–Crippen LogP) is 1.36. The third-order valence-electron chi connectivity index (χ3n) is 5.17. The molecule has 3 amide bonds. The van der Waals surface area contributed by atoms with Crippen molar-refractivity contribution >= 4 is 41.0 Å². The molecule has 0 saturated heterocycles. The second-order valence-electron chi connectivity index (χ2n) is 8.27. The van der Waals surface area contributed by atoms with Crippen LogP contribution in [0.3, 0.4) is 0 Å². The van der Waals surface area contributed by atoms with Gasteiger partial charge < -0.3 is 20.1 Å². The van der Waals surface area contributed by atoms with E-state index >= 15 is 0 Å². The number of esters is 2. The van der Waals surface area contributed by atoms with Gasteiger partial charge in [0.2, 0.25) is 17.7 Å². The molecule has 5 N–H and O–H groups in total. The molecule has 0 aliphatic heterocycles. The summed E-state index contributed by atoms with van der Waals surface area (Å²) >= 11 is 0. The fourth-order valence-corrected chi connectivity index (χ4v) is 3.30. The zero-order chi connectivity index (χ0) is 29.5. The van der Waals surface area contributed by atoms with Crippen LogP contribution in [-0.4, -0.2) is 66.4 Å². The minimum absolute atomic E-state index is 0.248. The van der Waals surface area contributed by atoms with E-state index in [1.807, 2.05) is 5.48 Å². The highest BCUT2D eigenvalue weighted by Crippen LogP contribution is 2.15. The van der Waals surface area contributed by atoms with E-state index in [1.165, 1.54) is 35.0 Å². The molecule has 2 aromatic carbocycles. The number of hydrogen-bond donors (Lipinski definition) is 5. The van der Waals surface area contributed by atoms with Gasteiger partial charge in [-0.15, -0.1) is 0 Å². The van der Waals surface area contributed by atoms with Crippen molar-refractivity contribution in [3.8, 4) is 0 Å². The highest BCUT2D eigenvalue weighted by Gasteiger charge is 2.21. The second-order valence-corrected chi connectivity index (χ2v) is 8.27. The number of benzene rings is 2. The fourth-order valence-electron chi connectivity index (χ4n) is 3.30. The Balaban J connectivity index is 0.000000395. The van der Waals surface area contributed by atoms with Crippen LogP contribution in [0.1, 0.15) is 31.9 Å². The maximum atomic E-state index is 11.6. The minimum atomic E-state index is -0.781. The van der Waals surface area contributed by atoms with E-state index < -0.39 is 29.9 Å². The average molecular weight is 547 g/mol. The van der Waals surface area contributed by atoms with Crippen molar-refractivity contribution in [2.45, 2.75) is 45.7 Å². The Labute approximate surface area is 226 Å².